The molecule has 2 atom stereocenters. The van der Waals surface area contributed by atoms with E-state index in [9.17, 15) is 9.90 Å². The van der Waals surface area contributed by atoms with E-state index >= 15 is 0 Å². The topological polar surface area (TPSA) is 49.3 Å². The second kappa shape index (κ2) is 16.3. The molecule has 0 saturated heterocycles. The number of rotatable bonds is 16. The number of carbonyl (C=O) groups excluding carboxylic acids is 1. The van der Waals surface area contributed by atoms with Crippen molar-refractivity contribution >= 4 is 5.91 Å². The van der Waals surface area contributed by atoms with Gasteiger partial charge in [0.25, 0.3) is 0 Å². The number of unbranched alkanes of at least 4 members (excludes halogenated alkanes) is 12. The molecule has 0 aromatic carbocycles. The van der Waals surface area contributed by atoms with E-state index in [0.717, 1.165) is 12.8 Å². The quantitative estimate of drug-likeness (QED) is 0.375. The molecule has 0 saturated carbocycles. The first-order valence-electron chi connectivity index (χ1n) is 10.0. The summed E-state index contributed by atoms with van der Waals surface area (Å²) in [4.78, 5) is 10.9. The predicted octanol–water partition coefficient (Wildman–Crippen LogP) is 5.35. The zero-order valence-electron chi connectivity index (χ0n) is 15.9. The summed E-state index contributed by atoms with van der Waals surface area (Å²) in [6, 6.07) is -0.134. The summed E-state index contributed by atoms with van der Waals surface area (Å²) in [6.07, 6.45) is 17.8. The number of hydrogen-bond donors (Lipinski definition) is 2. The summed E-state index contributed by atoms with van der Waals surface area (Å²) in [5.41, 5.74) is 0. The van der Waals surface area contributed by atoms with Gasteiger partial charge in [-0.25, -0.2) is 0 Å². The fourth-order valence-electron chi connectivity index (χ4n) is 3.04. The van der Waals surface area contributed by atoms with Gasteiger partial charge in [0.15, 0.2) is 0 Å². The Hall–Kier alpha value is -0.570. The molecule has 138 valence electrons. The van der Waals surface area contributed by atoms with Gasteiger partial charge in [0.05, 0.1) is 12.1 Å². The van der Waals surface area contributed by atoms with Gasteiger partial charge >= 0.3 is 0 Å². The van der Waals surface area contributed by atoms with E-state index in [2.05, 4.69) is 12.2 Å². The van der Waals surface area contributed by atoms with Crippen molar-refractivity contribution in [3.05, 3.63) is 0 Å². The van der Waals surface area contributed by atoms with Crippen LogP contribution in [-0.2, 0) is 4.79 Å². The van der Waals surface area contributed by atoms with Crippen LogP contribution in [0.1, 0.15) is 111 Å². The molecule has 0 aromatic rings. The van der Waals surface area contributed by atoms with Crippen molar-refractivity contribution in [2.24, 2.45) is 0 Å². The Morgan fingerprint density at radius 3 is 1.61 bits per heavy atom. The number of nitrogens with one attached hydrogen (secondary N) is 1. The van der Waals surface area contributed by atoms with Gasteiger partial charge in [-0.1, -0.05) is 90.4 Å². The molecule has 0 radical (unpaired) electrons. The zero-order chi connectivity index (χ0) is 17.3. The second-order valence-corrected chi connectivity index (χ2v) is 7.09. The summed E-state index contributed by atoms with van der Waals surface area (Å²) in [7, 11) is 0. The minimum absolute atomic E-state index is 0.0677. The molecule has 1 amide bonds. The van der Waals surface area contributed by atoms with Gasteiger partial charge in [0.1, 0.15) is 0 Å². The smallest absolute Gasteiger partial charge is 0.217 e. The van der Waals surface area contributed by atoms with Crippen LogP contribution in [0.5, 0.6) is 0 Å². The third-order valence-electron chi connectivity index (χ3n) is 4.61. The van der Waals surface area contributed by atoms with Crippen molar-refractivity contribution in [3.8, 4) is 0 Å². The van der Waals surface area contributed by atoms with Crippen molar-refractivity contribution in [2.45, 2.75) is 123 Å². The third kappa shape index (κ3) is 16.1. The molecule has 23 heavy (non-hydrogen) atoms. The first-order valence-corrected chi connectivity index (χ1v) is 10.0. The lowest BCUT2D eigenvalue weighted by Gasteiger charge is -2.19. The van der Waals surface area contributed by atoms with Crippen LogP contribution in [0.15, 0.2) is 0 Å². The lowest BCUT2D eigenvalue weighted by atomic mass is 10.0. The third-order valence-corrected chi connectivity index (χ3v) is 4.61. The highest BCUT2D eigenvalue weighted by Crippen LogP contribution is 2.13. The van der Waals surface area contributed by atoms with E-state index in [0.29, 0.717) is 0 Å². The number of aliphatic hydroxyl groups excluding tert-OH is 1. The van der Waals surface area contributed by atoms with Crippen LogP contribution in [0.3, 0.4) is 0 Å². The Kier molecular flexibility index (Phi) is 15.9. The SMILES string of the molecule is CCCCCCCCCCCCCCC[C@@H](O)[C@H](C)NC(C)=O. The van der Waals surface area contributed by atoms with Crippen LogP contribution < -0.4 is 5.32 Å². The van der Waals surface area contributed by atoms with E-state index in [-0.39, 0.29) is 11.9 Å². The Labute approximate surface area is 144 Å². The van der Waals surface area contributed by atoms with Gasteiger partial charge in [-0.15, -0.1) is 0 Å². The van der Waals surface area contributed by atoms with Crippen molar-refractivity contribution in [1.29, 1.82) is 0 Å². The number of amides is 1. The van der Waals surface area contributed by atoms with E-state index in [1.165, 1.54) is 84.0 Å². The molecule has 2 N–H and O–H groups in total. The standard InChI is InChI=1S/C20H41NO2/c1-4-5-6-7-8-9-10-11-12-13-14-15-16-17-20(23)18(2)21-19(3)22/h18,20,23H,4-17H2,1-3H3,(H,21,22)/t18-,20+/m0/s1. The molecule has 0 aliphatic carbocycles. The molecule has 0 heterocycles. The maximum atomic E-state index is 10.9. The molecule has 3 nitrogen and oxygen atoms in total. The Morgan fingerprint density at radius 1 is 0.826 bits per heavy atom. The van der Waals surface area contributed by atoms with Crippen LogP contribution in [0.4, 0.5) is 0 Å². The van der Waals surface area contributed by atoms with Crippen LogP contribution in [0, 0.1) is 0 Å². The molecular formula is C20H41NO2. The summed E-state index contributed by atoms with van der Waals surface area (Å²) in [5, 5.41) is 12.7. The Bertz CT molecular complexity index is 268. The van der Waals surface area contributed by atoms with Crippen LogP contribution in [0.2, 0.25) is 0 Å². The summed E-state index contributed by atoms with van der Waals surface area (Å²) < 4.78 is 0. The van der Waals surface area contributed by atoms with Crippen molar-refractivity contribution < 1.29 is 9.90 Å². The molecule has 3 heteroatoms. The lowest BCUT2D eigenvalue weighted by Crippen LogP contribution is -2.39. The van der Waals surface area contributed by atoms with Crippen molar-refractivity contribution in [2.75, 3.05) is 0 Å². The van der Waals surface area contributed by atoms with Gasteiger partial charge < -0.3 is 10.4 Å². The summed E-state index contributed by atoms with van der Waals surface area (Å²) in [5.74, 6) is -0.0677. The average Bonchev–Trinajstić information content (AvgIpc) is 2.51. The highest BCUT2D eigenvalue weighted by atomic mass is 16.3. The highest BCUT2D eigenvalue weighted by Gasteiger charge is 2.13. The number of hydrogen-bond acceptors (Lipinski definition) is 2. The minimum atomic E-state index is -0.411. The van der Waals surface area contributed by atoms with Gasteiger partial charge in [-0.3, -0.25) is 4.79 Å². The van der Waals surface area contributed by atoms with Crippen LogP contribution in [0.25, 0.3) is 0 Å². The van der Waals surface area contributed by atoms with E-state index in [4.69, 9.17) is 0 Å². The largest absolute Gasteiger partial charge is 0.391 e. The molecular weight excluding hydrogens is 286 g/mol. The molecule has 0 aliphatic heterocycles. The van der Waals surface area contributed by atoms with E-state index in [1.54, 1.807) is 0 Å². The maximum Gasteiger partial charge on any atom is 0.217 e. The highest BCUT2D eigenvalue weighted by molar-refractivity contribution is 5.73. The molecule has 0 rings (SSSR count). The summed E-state index contributed by atoms with van der Waals surface area (Å²) >= 11 is 0. The molecule has 0 unspecified atom stereocenters. The van der Waals surface area contributed by atoms with Gasteiger partial charge in [-0.05, 0) is 13.3 Å². The average molecular weight is 328 g/mol. The first kappa shape index (κ1) is 22.4. The van der Waals surface area contributed by atoms with Crippen molar-refractivity contribution in [3.63, 3.8) is 0 Å². The molecule has 0 aromatic heterocycles. The van der Waals surface area contributed by atoms with Gasteiger partial charge in [0.2, 0.25) is 5.91 Å². The molecule has 0 spiro atoms. The van der Waals surface area contributed by atoms with E-state index < -0.39 is 6.10 Å². The van der Waals surface area contributed by atoms with Gasteiger partial charge in [0, 0.05) is 6.92 Å². The van der Waals surface area contributed by atoms with Crippen LogP contribution in [-0.4, -0.2) is 23.2 Å². The molecule has 0 fully saturated rings. The fourth-order valence-corrected chi connectivity index (χ4v) is 3.04. The number of carbonyl (C=O) groups is 1. The maximum absolute atomic E-state index is 10.9. The first-order chi connectivity index (χ1) is 11.1. The Balaban J connectivity index is 3.22. The molecule has 0 aliphatic rings. The monoisotopic (exact) mass is 327 g/mol. The lowest BCUT2D eigenvalue weighted by molar-refractivity contribution is -0.120. The second-order valence-electron chi connectivity index (χ2n) is 7.09. The predicted molar refractivity (Wildman–Crippen MR) is 99.6 cm³/mol. The van der Waals surface area contributed by atoms with Gasteiger partial charge in [-0.2, -0.15) is 0 Å². The minimum Gasteiger partial charge on any atom is -0.391 e. The van der Waals surface area contributed by atoms with E-state index in [1.807, 2.05) is 6.92 Å². The zero-order valence-corrected chi connectivity index (χ0v) is 15.9. The van der Waals surface area contributed by atoms with Crippen LogP contribution >= 0.6 is 0 Å². The normalized spacial score (nSPS) is 13.7. The molecule has 0 bridgehead atoms. The van der Waals surface area contributed by atoms with Crippen molar-refractivity contribution in [1.82, 2.24) is 5.32 Å². The fraction of sp³-hybridized carbons (Fsp3) is 0.950. The summed E-state index contributed by atoms with van der Waals surface area (Å²) in [6.45, 7) is 5.63. The number of aliphatic hydroxyl groups is 1. The Morgan fingerprint density at radius 2 is 1.22 bits per heavy atom.